The molecular formula is C16H22N4O2S. The number of carbonyl (C=O) groups excluding carboxylic acids is 1. The molecule has 124 valence electrons. The lowest BCUT2D eigenvalue weighted by Crippen LogP contribution is -2.24. The van der Waals surface area contributed by atoms with E-state index in [0.717, 1.165) is 23.2 Å². The average Bonchev–Trinajstić information content (AvgIpc) is 2.83. The van der Waals surface area contributed by atoms with E-state index in [1.807, 2.05) is 39.0 Å². The highest BCUT2D eigenvalue weighted by Crippen LogP contribution is 2.23. The number of H-pyrrole nitrogens is 1. The molecule has 2 rings (SSSR count). The van der Waals surface area contributed by atoms with Gasteiger partial charge in [0.05, 0.1) is 5.25 Å². The van der Waals surface area contributed by atoms with Gasteiger partial charge in [-0.05, 0) is 38.8 Å². The molecular weight excluding hydrogens is 312 g/mol. The molecule has 0 saturated carbocycles. The normalized spacial score (nSPS) is 12.2. The predicted molar refractivity (Wildman–Crippen MR) is 93.0 cm³/mol. The standard InChI is InChI=1S/C16H22N4O2S/c1-5-8-20-15(22)18-19-16(20)23-12(4)14(21)17-13-7-6-10(2)9-11(13)3/h6-7,9,12H,5,8H2,1-4H3,(H,17,21)(H,18,22)/t12-/m0/s1. The maximum Gasteiger partial charge on any atom is 0.343 e. The van der Waals surface area contributed by atoms with Crippen molar-refractivity contribution in [3.63, 3.8) is 0 Å². The lowest BCUT2D eigenvalue weighted by Gasteiger charge is -2.13. The number of amides is 1. The van der Waals surface area contributed by atoms with Crippen molar-refractivity contribution in [1.82, 2.24) is 14.8 Å². The number of rotatable bonds is 6. The Morgan fingerprint density at radius 3 is 2.83 bits per heavy atom. The Morgan fingerprint density at radius 1 is 1.43 bits per heavy atom. The molecule has 0 fully saturated rings. The van der Waals surface area contributed by atoms with E-state index in [9.17, 15) is 9.59 Å². The molecule has 1 atom stereocenters. The van der Waals surface area contributed by atoms with Crippen molar-refractivity contribution in [2.24, 2.45) is 0 Å². The van der Waals surface area contributed by atoms with Crippen molar-refractivity contribution in [3.05, 3.63) is 39.8 Å². The third-order valence-corrected chi connectivity index (χ3v) is 4.55. The molecule has 0 unspecified atom stereocenters. The molecule has 0 aliphatic heterocycles. The van der Waals surface area contributed by atoms with Crippen molar-refractivity contribution in [1.29, 1.82) is 0 Å². The number of hydrogen-bond donors (Lipinski definition) is 2. The molecule has 23 heavy (non-hydrogen) atoms. The molecule has 0 radical (unpaired) electrons. The van der Waals surface area contributed by atoms with Crippen molar-refractivity contribution in [2.75, 3.05) is 5.32 Å². The van der Waals surface area contributed by atoms with Crippen LogP contribution >= 0.6 is 11.8 Å². The minimum absolute atomic E-state index is 0.111. The van der Waals surface area contributed by atoms with Gasteiger partial charge in [0.1, 0.15) is 0 Å². The van der Waals surface area contributed by atoms with Gasteiger partial charge in [-0.2, -0.15) is 0 Å². The zero-order valence-corrected chi connectivity index (χ0v) is 14.7. The first-order valence-corrected chi connectivity index (χ1v) is 8.50. The van der Waals surface area contributed by atoms with Crippen molar-refractivity contribution >= 4 is 23.4 Å². The first-order valence-electron chi connectivity index (χ1n) is 7.62. The monoisotopic (exact) mass is 334 g/mol. The van der Waals surface area contributed by atoms with Crippen molar-refractivity contribution in [2.45, 2.75) is 51.1 Å². The largest absolute Gasteiger partial charge is 0.343 e. The van der Waals surface area contributed by atoms with E-state index in [2.05, 4.69) is 15.5 Å². The molecule has 1 amide bonds. The topological polar surface area (TPSA) is 79.8 Å². The van der Waals surface area contributed by atoms with Crippen LogP contribution in [0.4, 0.5) is 5.69 Å². The Balaban J connectivity index is 2.07. The van der Waals surface area contributed by atoms with E-state index in [1.165, 1.54) is 11.8 Å². The number of aryl methyl sites for hydroxylation is 2. The summed E-state index contributed by atoms with van der Waals surface area (Å²) in [5.74, 6) is -0.111. The van der Waals surface area contributed by atoms with Gasteiger partial charge in [-0.1, -0.05) is 36.4 Å². The fourth-order valence-corrected chi connectivity index (χ4v) is 3.10. The number of thioether (sulfide) groups is 1. The van der Waals surface area contributed by atoms with Gasteiger partial charge in [0.25, 0.3) is 0 Å². The van der Waals surface area contributed by atoms with E-state index in [0.29, 0.717) is 11.7 Å². The summed E-state index contributed by atoms with van der Waals surface area (Å²) in [4.78, 5) is 24.1. The van der Waals surface area contributed by atoms with E-state index < -0.39 is 0 Å². The van der Waals surface area contributed by atoms with Gasteiger partial charge in [0.15, 0.2) is 5.16 Å². The van der Waals surface area contributed by atoms with Crippen LogP contribution in [0.5, 0.6) is 0 Å². The van der Waals surface area contributed by atoms with Crippen LogP contribution in [-0.2, 0) is 11.3 Å². The fourth-order valence-electron chi connectivity index (χ4n) is 2.21. The highest BCUT2D eigenvalue weighted by atomic mass is 32.2. The Labute approximate surface area is 139 Å². The van der Waals surface area contributed by atoms with Gasteiger partial charge in [-0.3, -0.25) is 9.36 Å². The summed E-state index contributed by atoms with van der Waals surface area (Å²) in [5, 5.41) is 9.55. The van der Waals surface area contributed by atoms with Gasteiger partial charge in [-0.25, -0.2) is 9.89 Å². The number of nitrogens with one attached hydrogen (secondary N) is 2. The quantitative estimate of drug-likeness (QED) is 0.796. The SMILES string of the molecule is CCCn1c(S[C@@H](C)C(=O)Nc2ccc(C)cc2C)n[nH]c1=O. The van der Waals surface area contributed by atoms with Gasteiger partial charge in [0.2, 0.25) is 5.91 Å². The van der Waals surface area contributed by atoms with Crippen LogP contribution in [0.15, 0.2) is 28.2 Å². The molecule has 0 aliphatic rings. The highest BCUT2D eigenvalue weighted by molar-refractivity contribution is 8.00. The molecule has 0 spiro atoms. The van der Waals surface area contributed by atoms with Gasteiger partial charge < -0.3 is 5.32 Å². The summed E-state index contributed by atoms with van der Waals surface area (Å²) in [5.41, 5.74) is 2.75. The van der Waals surface area contributed by atoms with Gasteiger partial charge in [0, 0.05) is 12.2 Å². The zero-order valence-electron chi connectivity index (χ0n) is 13.8. The minimum Gasteiger partial charge on any atom is -0.325 e. The second-order valence-corrected chi connectivity index (χ2v) is 6.84. The maximum atomic E-state index is 12.4. The molecule has 0 saturated heterocycles. The smallest absolute Gasteiger partial charge is 0.325 e. The molecule has 0 bridgehead atoms. The molecule has 2 aromatic rings. The molecule has 1 aromatic heterocycles. The Hall–Kier alpha value is -2.02. The number of benzene rings is 1. The number of carbonyl (C=O) groups is 1. The number of hydrogen-bond acceptors (Lipinski definition) is 4. The van der Waals surface area contributed by atoms with Crippen molar-refractivity contribution in [3.8, 4) is 0 Å². The first-order chi connectivity index (χ1) is 10.9. The molecule has 1 aromatic carbocycles. The maximum absolute atomic E-state index is 12.4. The third-order valence-electron chi connectivity index (χ3n) is 3.46. The van der Waals surface area contributed by atoms with Crippen LogP contribution in [0, 0.1) is 13.8 Å². The number of anilines is 1. The second kappa shape index (κ2) is 7.50. The fraction of sp³-hybridized carbons (Fsp3) is 0.438. The Morgan fingerprint density at radius 2 is 2.17 bits per heavy atom. The predicted octanol–water partition coefficient (Wildman–Crippen LogP) is 2.72. The highest BCUT2D eigenvalue weighted by Gasteiger charge is 2.19. The van der Waals surface area contributed by atoms with Crippen LogP contribution in [0.3, 0.4) is 0 Å². The summed E-state index contributed by atoms with van der Waals surface area (Å²) in [7, 11) is 0. The van der Waals surface area contributed by atoms with Crippen LogP contribution in [0.25, 0.3) is 0 Å². The molecule has 0 aliphatic carbocycles. The minimum atomic E-state index is -0.360. The zero-order chi connectivity index (χ0) is 17.0. The van der Waals surface area contributed by atoms with E-state index in [-0.39, 0.29) is 16.8 Å². The van der Waals surface area contributed by atoms with Crippen molar-refractivity contribution < 1.29 is 4.79 Å². The van der Waals surface area contributed by atoms with Crippen LogP contribution in [0.1, 0.15) is 31.4 Å². The average molecular weight is 334 g/mol. The number of aromatic nitrogens is 3. The molecule has 1 heterocycles. The number of aromatic amines is 1. The lowest BCUT2D eigenvalue weighted by atomic mass is 10.1. The second-order valence-electron chi connectivity index (χ2n) is 5.53. The third kappa shape index (κ3) is 4.25. The van der Waals surface area contributed by atoms with Gasteiger partial charge >= 0.3 is 5.69 Å². The lowest BCUT2D eigenvalue weighted by molar-refractivity contribution is -0.115. The molecule has 2 N–H and O–H groups in total. The van der Waals surface area contributed by atoms with Crippen LogP contribution in [-0.4, -0.2) is 25.9 Å². The molecule has 6 nitrogen and oxygen atoms in total. The summed E-state index contributed by atoms with van der Waals surface area (Å²) >= 11 is 1.28. The summed E-state index contributed by atoms with van der Waals surface area (Å²) in [6, 6.07) is 5.90. The molecule has 7 heteroatoms. The summed E-state index contributed by atoms with van der Waals surface area (Å²) in [6.45, 7) is 8.36. The van der Waals surface area contributed by atoms with Crippen LogP contribution in [0.2, 0.25) is 0 Å². The Kier molecular flexibility index (Phi) is 5.65. The first kappa shape index (κ1) is 17.3. The van der Waals surface area contributed by atoms with E-state index in [1.54, 1.807) is 11.5 Å². The van der Waals surface area contributed by atoms with E-state index >= 15 is 0 Å². The summed E-state index contributed by atoms with van der Waals surface area (Å²) in [6.07, 6.45) is 0.830. The Bertz CT molecular complexity index is 751. The van der Waals surface area contributed by atoms with E-state index in [4.69, 9.17) is 0 Å². The number of nitrogens with zero attached hydrogens (tertiary/aromatic N) is 2. The van der Waals surface area contributed by atoms with Gasteiger partial charge in [-0.15, -0.1) is 5.10 Å². The van der Waals surface area contributed by atoms with Crippen LogP contribution < -0.4 is 11.0 Å². The summed E-state index contributed by atoms with van der Waals surface area (Å²) < 4.78 is 1.56.